The number of nitrogens with zero attached hydrogens (tertiary/aromatic N) is 4. The average molecular weight is 568 g/mol. The third-order valence-corrected chi connectivity index (χ3v) is 7.76. The number of likely N-dealkylation sites (tertiary alicyclic amines) is 1. The molecule has 2 aromatic heterocycles. The fraction of sp³-hybridized carbons (Fsp3) is 0.407. The van der Waals surface area contributed by atoms with Crippen molar-refractivity contribution in [1.82, 2.24) is 30.7 Å². The van der Waals surface area contributed by atoms with E-state index in [1.807, 2.05) is 12.4 Å². The van der Waals surface area contributed by atoms with Gasteiger partial charge in [-0.15, -0.1) is 21.5 Å². The number of hydrogen-bond donors (Lipinski definition) is 4. The van der Waals surface area contributed by atoms with Gasteiger partial charge in [-0.25, -0.2) is 4.98 Å². The number of methoxy groups -OCH3 is 1. The Labute approximate surface area is 240 Å². The van der Waals surface area contributed by atoms with Crippen LogP contribution in [-0.4, -0.2) is 78.1 Å². The van der Waals surface area contributed by atoms with Crippen LogP contribution < -0.4 is 26.0 Å². The summed E-state index contributed by atoms with van der Waals surface area (Å²) in [6.45, 7) is -0.950. The van der Waals surface area contributed by atoms with E-state index in [4.69, 9.17) is 8.85 Å². The number of hydrogen-bond acceptors (Lipinski definition) is 10. The first-order valence-electron chi connectivity index (χ1n) is 14.4. The van der Waals surface area contributed by atoms with Gasteiger partial charge in [0.05, 0.1) is 30.2 Å². The number of likely N-dealkylation sites (N-methyl/N-ethyl adjacent to an activating group) is 1. The molecule has 1 saturated heterocycles. The second kappa shape index (κ2) is 12.0. The van der Waals surface area contributed by atoms with Crippen LogP contribution in [-0.2, 0) is 4.79 Å². The van der Waals surface area contributed by atoms with Crippen molar-refractivity contribution >= 4 is 46.3 Å². The van der Waals surface area contributed by atoms with Crippen LogP contribution in [0.1, 0.15) is 50.0 Å². The van der Waals surface area contributed by atoms with Gasteiger partial charge in [-0.2, -0.15) is 0 Å². The summed E-state index contributed by atoms with van der Waals surface area (Å²) < 4.78 is 28.0. The summed E-state index contributed by atoms with van der Waals surface area (Å²) in [7, 11) is 3.51. The molecule has 12 nitrogen and oxygen atoms in total. The summed E-state index contributed by atoms with van der Waals surface area (Å²) >= 11 is 1.22. The largest absolute Gasteiger partial charge is 0.494 e. The van der Waals surface area contributed by atoms with Crippen LogP contribution in [0.2, 0.25) is 0 Å². The first kappa shape index (κ1) is 23.8. The third kappa shape index (κ3) is 6.20. The molecule has 210 valence electrons. The van der Waals surface area contributed by atoms with Gasteiger partial charge in [-0.05, 0) is 51.4 Å². The predicted octanol–water partition coefficient (Wildman–Crippen LogP) is 2.88. The number of thiazole rings is 1. The van der Waals surface area contributed by atoms with Gasteiger partial charge >= 0.3 is 0 Å². The van der Waals surface area contributed by atoms with Crippen LogP contribution in [0.3, 0.4) is 0 Å². The number of amides is 3. The molecule has 1 atom stereocenters. The van der Waals surface area contributed by atoms with E-state index in [0.717, 1.165) is 38.8 Å². The Morgan fingerprint density at radius 3 is 2.75 bits per heavy atom. The highest BCUT2D eigenvalue weighted by Gasteiger charge is 2.30. The lowest BCUT2D eigenvalue weighted by Crippen LogP contribution is -2.46. The molecule has 1 aliphatic carbocycles. The first-order chi connectivity index (χ1) is 20.5. The fourth-order valence-electron chi connectivity index (χ4n) is 4.56. The van der Waals surface area contributed by atoms with Crippen molar-refractivity contribution in [1.29, 1.82) is 0 Å². The molecule has 5 rings (SSSR count). The molecular formula is C27H32N8O4S. The zero-order valence-corrected chi connectivity index (χ0v) is 22.9. The molecule has 1 unspecified atom stereocenters. The van der Waals surface area contributed by atoms with Crippen LogP contribution in [0.4, 0.5) is 17.2 Å². The van der Waals surface area contributed by atoms with E-state index in [1.165, 1.54) is 30.7 Å². The third-order valence-electron chi connectivity index (χ3n) is 6.73. The van der Waals surface area contributed by atoms with Crippen molar-refractivity contribution < 1.29 is 23.2 Å². The molecule has 0 bridgehead atoms. The number of piperidine rings is 1. The maximum Gasteiger partial charge on any atom is 0.273 e. The Balaban J connectivity index is 1.42. The first-order valence-corrected chi connectivity index (χ1v) is 13.7. The molecule has 1 aliphatic heterocycles. The van der Waals surface area contributed by atoms with Gasteiger partial charge in [0.2, 0.25) is 5.91 Å². The lowest BCUT2D eigenvalue weighted by atomic mass is 10.1. The van der Waals surface area contributed by atoms with Gasteiger partial charge in [0.25, 0.3) is 11.8 Å². The zero-order chi connectivity index (χ0) is 30.7. The number of rotatable bonds is 9. The van der Waals surface area contributed by atoms with Gasteiger partial charge in [-0.3, -0.25) is 14.4 Å². The van der Waals surface area contributed by atoms with E-state index in [0.29, 0.717) is 26.9 Å². The average Bonchev–Trinajstić information content (AvgIpc) is 3.68. The number of carbonyl (C=O) groups excluding carboxylic acids is 3. The summed E-state index contributed by atoms with van der Waals surface area (Å²) in [5.74, 6) is -1.02. The Hall–Kier alpha value is -4.10. The Kier molecular flexibility index (Phi) is 7.11. The normalized spacial score (nSPS) is 18.6. The van der Waals surface area contributed by atoms with E-state index in [1.54, 1.807) is 18.2 Å². The van der Waals surface area contributed by atoms with E-state index in [-0.39, 0.29) is 41.0 Å². The molecule has 4 N–H and O–H groups in total. The van der Waals surface area contributed by atoms with Gasteiger partial charge in [0, 0.05) is 35.7 Å². The summed E-state index contributed by atoms with van der Waals surface area (Å²) in [5.41, 5.74) is 0.790. The maximum absolute atomic E-state index is 13.0. The number of aromatic nitrogens is 3. The molecule has 2 aliphatic rings. The molecule has 3 aromatic rings. The summed E-state index contributed by atoms with van der Waals surface area (Å²) in [6.07, 6.45) is 5.04. The molecule has 2 fully saturated rings. The Bertz CT molecular complexity index is 1530. The van der Waals surface area contributed by atoms with Crippen molar-refractivity contribution in [2.24, 2.45) is 5.92 Å². The summed E-state index contributed by atoms with van der Waals surface area (Å²) in [6, 6.07) is 6.70. The van der Waals surface area contributed by atoms with E-state index >= 15 is 0 Å². The Morgan fingerprint density at radius 2 is 2.00 bits per heavy atom. The van der Waals surface area contributed by atoms with Gasteiger partial charge < -0.3 is 30.9 Å². The van der Waals surface area contributed by atoms with Crippen LogP contribution in [0.15, 0.2) is 30.5 Å². The van der Waals surface area contributed by atoms with E-state index < -0.39 is 12.9 Å². The molecular weight excluding hydrogens is 532 g/mol. The fourth-order valence-corrected chi connectivity index (χ4v) is 5.40. The molecule has 0 radical (unpaired) electrons. The highest BCUT2D eigenvalue weighted by molar-refractivity contribution is 7.17. The topological polar surface area (TPSA) is 150 Å². The molecule has 1 aromatic carbocycles. The van der Waals surface area contributed by atoms with Crippen LogP contribution >= 0.6 is 11.3 Å². The SMILES string of the molecule is [2H]C([2H])([2H])NC(=O)c1nnc(NC(=O)C2CC2)cc1Nc1cccc(-c2ncc(C(=O)NC3CCCN(C)C3)s2)c1OC. The minimum atomic E-state index is -2.76. The number of ether oxygens (including phenoxy) is 1. The second-order valence-electron chi connectivity index (χ2n) is 9.83. The van der Waals surface area contributed by atoms with Crippen LogP contribution in [0.5, 0.6) is 5.75 Å². The van der Waals surface area contributed by atoms with Gasteiger partial charge in [0.1, 0.15) is 9.88 Å². The highest BCUT2D eigenvalue weighted by Crippen LogP contribution is 2.40. The van der Waals surface area contributed by atoms with E-state index in [2.05, 4.69) is 36.0 Å². The number of benzene rings is 1. The monoisotopic (exact) mass is 567 g/mol. The smallest absolute Gasteiger partial charge is 0.273 e. The Morgan fingerprint density at radius 1 is 1.15 bits per heavy atom. The van der Waals surface area contributed by atoms with Gasteiger partial charge in [0.15, 0.2) is 17.3 Å². The minimum Gasteiger partial charge on any atom is -0.494 e. The molecule has 13 heteroatoms. The molecule has 3 heterocycles. The summed E-state index contributed by atoms with van der Waals surface area (Å²) in [5, 5.41) is 19.1. The minimum absolute atomic E-state index is 0.0727. The van der Waals surface area contributed by atoms with Crippen molar-refractivity contribution in [3.05, 3.63) is 41.0 Å². The van der Waals surface area contributed by atoms with Gasteiger partial charge in [-0.1, -0.05) is 6.07 Å². The molecule has 40 heavy (non-hydrogen) atoms. The second-order valence-corrected chi connectivity index (χ2v) is 10.9. The number of para-hydroxylation sites is 1. The standard InChI is InChI=1S/C27H32N8O4S/c1-28-26(38)22-19(12-21(33-34-22)32-24(36)15-9-10-15)31-18-8-4-7-17(23(18)39-3)27-29-13-20(40-27)25(37)30-16-6-5-11-35(2)14-16/h4,7-8,12-13,15-16H,5-6,9-11,14H2,1-3H3,(H,28,38)(H,30,37)(H2,31,32,33,36)/i1D3. The van der Waals surface area contributed by atoms with E-state index in [9.17, 15) is 14.4 Å². The number of carbonyl (C=O) groups is 3. The summed E-state index contributed by atoms with van der Waals surface area (Å²) in [4.78, 5) is 45.2. The zero-order valence-electron chi connectivity index (χ0n) is 25.1. The molecule has 0 spiro atoms. The maximum atomic E-state index is 13.0. The van der Waals surface area contributed by atoms with Crippen LogP contribution in [0.25, 0.3) is 10.6 Å². The lowest BCUT2D eigenvalue weighted by Gasteiger charge is -2.29. The lowest BCUT2D eigenvalue weighted by molar-refractivity contribution is -0.117. The van der Waals surface area contributed by atoms with Crippen LogP contribution in [0, 0.1) is 5.92 Å². The molecule has 3 amide bonds. The quantitative estimate of drug-likeness (QED) is 0.306. The van der Waals surface area contributed by atoms with Crippen molar-refractivity contribution in [2.75, 3.05) is 44.9 Å². The number of anilines is 3. The number of nitrogens with one attached hydrogen (secondary N) is 4. The van der Waals surface area contributed by atoms with Crippen molar-refractivity contribution in [3.8, 4) is 16.3 Å². The van der Waals surface area contributed by atoms with Crippen molar-refractivity contribution in [3.63, 3.8) is 0 Å². The predicted molar refractivity (Wildman–Crippen MR) is 152 cm³/mol. The molecule has 1 saturated carbocycles. The highest BCUT2D eigenvalue weighted by atomic mass is 32.1. The van der Waals surface area contributed by atoms with Crippen molar-refractivity contribution in [2.45, 2.75) is 31.7 Å².